The molecule has 0 aliphatic heterocycles. The van der Waals surface area contributed by atoms with Gasteiger partial charge in [-0.1, -0.05) is 0 Å². The average Bonchev–Trinajstić information content (AvgIpc) is 2.58. The monoisotopic (exact) mass is 281 g/mol. The van der Waals surface area contributed by atoms with Gasteiger partial charge in [-0.15, -0.1) is 0 Å². The van der Waals surface area contributed by atoms with Crippen LogP contribution in [0.3, 0.4) is 0 Å². The van der Waals surface area contributed by atoms with E-state index in [1.54, 1.807) is 0 Å². The minimum atomic E-state index is -4.23. The molecule has 0 aliphatic rings. The zero-order valence-electron chi connectivity index (χ0n) is 8.77. The van der Waals surface area contributed by atoms with Crippen molar-refractivity contribution in [1.82, 2.24) is 10.2 Å². The smallest absolute Gasteiger partial charge is 0.344 e. The second kappa shape index (κ2) is 4.72. The molecule has 0 bridgehead atoms. The maximum atomic E-state index is 11.4. The number of ether oxygens (including phenoxy) is 1. The summed E-state index contributed by atoms with van der Waals surface area (Å²) in [6, 6.07) is 0. The van der Waals surface area contributed by atoms with Gasteiger partial charge in [0.05, 0.1) is 7.11 Å². The second-order valence-electron chi connectivity index (χ2n) is 2.89. The van der Waals surface area contributed by atoms with Crippen LogP contribution in [0.2, 0.25) is 0 Å². The van der Waals surface area contributed by atoms with E-state index in [4.69, 9.17) is 10.7 Å². The predicted octanol–water partition coefficient (Wildman–Crippen LogP) is 0.0822. The Morgan fingerprint density at radius 1 is 1.47 bits per heavy atom. The molecule has 1 aromatic rings. The number of hydrogen-bond donors (Lipinski definition) is 2. The number of amides is 1. The number of esters is 1. The summed E-state index contributed by atoms with van der Waals surface area (Å²) >= 11 is 0. The third-order valence-corrected chi connectivity index (χ3v) is 2.85. The number of aromatic nitrogens is 2. The molecule has 0 saturated carbocycles. The van der Waals surface area contributed by atoms with Gasteiger partial charge in [0, 0.05) is 17.6 Å². The Balaban J connectivity index is 3.40. The van der Waals surface area contributed by atoms with E-state index < -0.39 is 31.5 Å². The van der Waals surface area contributed by atoms with Gasteiger partial charge < -0.3 is 10.1 Å². The van der Waals surface area contributed by atoms with E-state index in [1.165, 1.54) is 6.92 Å². The van der Waals surface area contributed by atoms with Gasteiger partial charge in [-0.25, -0.2) is 13.2 Å². The number of rotatable bonds is 3. The number of aromatic amines is 1. The standard InChI is InChI=1S/C7H8ClN3O5S/c1-3(12)9-5-4(7(13)16-2)6(11-10-5)17(8,14)15/h1-2H3,(H2,9,10,11,12). The Hall–Kier alpha value is -1.61. The van der Waals surface area contributed by atoms with E-state index in [2.05, 4.69) is 20.3 Å². The molecule has 1 rings (SSSR count). The lowest BCUT2D eigenvalue weighted by atomic mass is 10.3. The number of hydrogen-bond acceptors (Lipinski definition) is 6. The van der Waals surface area contributed by atoms with Crippen LogP contribution in [-0.4, -0.2) is 37.6 Å². The molecule has 94 valence electrons. The number of carbonyl (C=O) groups is 2. The third kappa shape index (κ3) is 2.94. The van der Waals surface area contributed by atoms with Gasteiger partial charge in [-0.3, -0.25) is 9.89 Å². The topological polar surface area (TPSA) is 118 Å². The molecule has 1 heterocycles. The number of H-pyrrole nitrogens is 1. The fourth-order valence-electron chi connectivity index (χ4n) is 1.06. The van der Waals surface area contributed by atoms with Gasteiger partial charge >= 0.3 is 5.97 Å². The van der Waals surface area contributed by atoms with Crippen LogP contribution in [-0.2, 0) is 18.6 Å². The Morgan fingerprint density at radius 3 is 2.47 bits per heavy atom. The van der Waals surface area contributed by atoms with Crippen LogP contribution in [0.1, 0.15) is 17.3 Å². The van der Waals surface area contributed by atoms with Crippen LogP contribution < -0.4 is 5.32 Å². The number of methoxy groups -OCH3 is 1. The highest BCUT2D eigenvalue weighted by molar-refractivity contribution is 8.13. The minimum Gasteiger partial charge on any atom is -0.465 e. The molecule has 0 aliphatic carbocycles. The lowest BCUT2D eigenvalue weighted by Crippen LogP contribution is -2.12. The SMILES string of the molecule is COC(=O)c1c(S(=O)(=O)Cl)n[nH]c1NC(C)=O. The zero-order valence-corrected chi connectivity index (χ0v) is 10.3. The first kappa shape index (κ1) is 13.5. The summed E-state index contributed by atoms with van der Waals surface area (Å²) < 4.78 is 26.7. The highest BCUT2D eigenvalue weighted by Crippen LogP contribution is 2.24. The van der Waals surface area contributed by atoms with Crippen molar-refractivity contribution in [2.24, 2.45) is 0 Å². The number of nitrogens with zero attached hydrogens (tertiary/aromatic N) is 1. The Bertz CT molecular complexity index is 564. The molecule has 0 radical (unpaired) electrons. The Kier molecular flexibility index (Phi) is 3.73. The summed E-state index contributed by atoms with van der Waals surface area (Å²) in [5.74, 6) is -1.69. The first-order valence-electron chi connectivity index (χ1n) is 4.16. The van der Waals surface area contributed by atoms with Crippen molar-refractivity contribution in [2.75, 3.05) is 12.4 Å². The number of halogens is 1. The summed E-state index contributed by atoms with van der Waals surface area (Å²) in [5, 5.41) is 7.03. The van der Waals surface area contributed by atoms with Gasteiger partial charge in [-0.05, 0) is 0 Å². The predicted molar refractivity (Wildman–Crippen MR) is 57.3 cm³/mol. The first-order valence-corrected chi connectivity index (χ1v) is 6.47. The molecule has 17 heavy (non-hydrogen) atoms. The lowest BCUT2D eigenvalue weighted by Gasteiger charge is -2.02. The third-order valence-electron chi connectivity index (χ3n) is 1.65. The number of anilines is 1. The molecule has 0 spiro atoms. The van der Waals surface area contributed by atoms with Crippen molar-refractivity contribution < 1.29 is 22.7 Å². The summed E-state index contributed by atoms with van der Waals surface area (Å²) in [4.78, 5) is 22.2. The molecule has 10 heteroatoms. The van der Waals surface area contributed by atoms with Gasteiger partial charge in [0.2, 0.25) is 10.9 Å². The van der Waals surface area contributed by atoms with Crippen molar-refractivity contribution in [3.63, 3.8) is 0 Å². The quantitative estimate of drug-likeness (QED) is 0.598. The second-order valence-corrected chi connectivity index (χ2v) is 5.37. The van der Waals surface area contributed by atoms with E-state index in [0.29, 0.717) is 0 Å². The molecule has 0 aromatic carbocycles. The number of carbonyl (C=O) groups excluding carboxylic acids is 2. The molecule has 0 fully saturated rings. The molecule has 0 saturated heterocycles. The van der Waals surface area contributed by atoms with E-state index in [-0.39, 0.29) is 5.82 Å². The molecule has 1 amide bonds. The van der Waals surface area contributed by atoms with E-state index >= 15 is 0 Å². The number of nitrogens with one attached hydrogen (secondary N) is 2. The highest BCUT2D eigenvalue weighted by atomic mass is 35.7. The molecule has 8 nitrogen and oxygen atoms in total. The fourth-order valence-corrected chi connectivity index (χ4v) is 1.98. The Labute approximate surface area is 101 Å². The fraction of sp³-hybridized carbons (Fsp3) is 0.286. The molecular formula is C7H8ClN3O5S. The van der Waals surface area contributed by atoms with Crippen molar-refractivity contribution in [3.05, 3.63) is 5.56 Å². The molecular weight excluding hydrogens is 274 g/mol. The summed E-state index contributed by atoms with van der Waals surface area (Å²) in [7, 11) is 1.91. The highest BCUT2D eigenvalue weighted by Gasteiger charge is 2.29. The van der Waals surface area contributed by atoms with Crippen molar-refractivity contribution in [1.29, 1.82) is 0 Å². The maximum Gasteiger partial charge on any atom is 0.344 e. The summed E-state index contributed by atoms with van der Waals surface area (Å²) in [6.45, 7) is 1.18. The van der Waals surface area contributed by atoms with Crippen LogP contribution in [0.5, 0.6) is 0 Å². The largest absolute Gasteiger partial charge is 0.465 e. The van der Waals surface area contributed by atoms with E-state index in [9.17, 15) is 18.0 Å². The average molecular weight is 282 g/mol. The summed E-state index contributed by atoms with van der Waals surface area (Å²) in [6.07, 6.45) is 0. The van der Waals surface area contributed by atoms with E-state index in [0.717, 1.165) is 7.11 Å². The molecule has 0 unspecified atom stereocenters. The minimum absolute atomic E-state index is 0.191. The van der Waals surface area contributed by atoms with Crippen LogP contribution in [0.25, 0.3) is 0 Å². The van der Waals surface area contributed by atoms with Crippen LogP contribution >= 0.6 is 10.7 Å². The summed E-state index contributed by atoms with van der Waals surface area (Å²) in [5.41, 5.74) is -0.447. The van der Waals surface area contributed by atoms with E-state index in [1.807, 2.05) is 0 Å². The lowest BCUT2D eigenvalue weighted by molar-refractivity contribution is -0.114. The maximum absolute atomic E-state index is 11.4. The first-order chi connectivity index (χ1) is 7.77. The van der Waals surface area contributed by atoms with Crippen LogP contribution in [0.4, 0.5) is 5.82 Å². The van der Waals surface area contributed by atoms with Gasteiger partial charge in [-0.2, -0.15) is 5.10 Å². The van der Waals surface area contributed by atoms with Gasteiger partial charge in [0.1, 0.15) is 11.4 Å². The van der Waals surface area contributed by atoms with Crippen molar-refractivity contribution in [2.45, 2.75) is 11.9 Å². The molecule has 0 atom stereocenters. The van der Waals surface area contributed by atoms with Crippen LogP contribution in [0, 0.1) is 0 Å². The van der Waals surface area contributed by atoms with Crippen LogP contribution in [0.15, 0.2) is 5.03 Å². The van der Waals surface area contributed by atoms with Gasteiger partial charge in [0.15, 0.2) is 0 Å². The normalized spacial score (nSPS) is 11.0. The Morgan fingerprint density at radius 2 is 2.06 bits per heavy atom. The van der Waals surface area contributed by atoms with Crippen molar-refractivity contribution >= 4 is 37.4 Å². The van der Waals surface area contributed by atoms with Crippen molar-refractivity contribution in [3.8, 4) is 0 Å². The van der Waals surface area contributed by atoms with Gasteiger partial charge in [0.25, 0.3) is 9.05 Å². The molecule has 1 aromatic heterocycles. The molecule has 2 N–H and O–H groups in total. The zero-order chi connectivity index (χ0) is 13.2.